The number of nitrogens with zero attached hydrogens (tertiary/aromatic N) is 3. The second-order valence-electron chi connectivity index (χ2n) is 3.22. The molecule has 86 valence electrons. The molecule has 2 aromatic rings. The molecule has 0 atom stereocenters. The van der Waals surface area contributed by atoms with Crippen LogP contribution in [0.25, 0.3) is 0 Å². The quantitative estimate of drug-likeness (QED) is 0.593. The highest BCUT2D eigenvalue weighted by atomic mass is 16.6. The van der Waals surface area contributed by atoms with Crippen LogP contribution >= 0.6 is 0 Å². The zero-order chi connectivity index (χ0) is 12.1. The topological polar surface area (TPSA) is 78.2 Å². The molecule has 6 nitrogen and oxygen atoms in total. The summed E-state index contributed by atoms with van der Waals surface area (Å²) in [6.45, 7) is 0.283. The summed E-state index contributed by atoms with van der Waals surface area (Å²) in [6.07, 6.45) is 2.83. The Bertz CT molecular complexity index is 499. The molecule has 0 saturated heterocycles. The van der Waals surface area contributed by atoms with Crippen LogP contribution in [0, 0.1) is 10.1 Å². The number of ether oxygens (including phenoxy) is 1. The lowest BCUT2D eigenvalue weighted by Crippen LogP contribution is -1.99. The smallest absolute Gasteiger partial charge is 0.287 e. The van der Waals surface area contributed by atoms with Crippen molar-refractivity contribution in [2.24, 2.45) is 0 Å². The van der Waals surface area contributed by atoms with Crippen LogP contribution in [-0.4, -0.2) is 14.9 Å². The molecule has 0 aromatic carbocycles. The van der Waals surface area contributed by atoms with Gasteiger partial charge in [-0.15, -0.1) is 0 Å². The maximum Gasteiger partial charge on any atom is 0.287 e. The van der Waals surface area contributed by atoms with Crippen molar-refractivity contribution in [1.82, 2.24) is 9.97 Å². The summed E-state index contributed by atoms with van der Waals surface area (Å²) in [5.74, 6) is 0.334. The van der Waals surface area contributed by atoms with E-state index in [2.05, 4.69) is 9.97 Å². The first-order chi connectivity index (χ1) is 8.25. The average Bonchev–Trinajstić information content (AvgIpc) is 2.38. The van der Waals surface area contributed by atoms with Gasteiger partial charge < -0.3 is 4.74 Å². The molecule has 0 aliphatic carbocycles. The van der Waals surface area contributed by atoms with Gasteiger partial charge in [0.25, 0.3) is 5.69 Å². The van der Waals surface area contributed by atoms with Gasteiger partial charge in [-0.25, -0.2) is 4.98 Å². The van der Waals surface area contributed by atoms with Crippen LogP contribution in [-0.2, 0) is 6.61 Å². The molecule has 2 heterocycles. The normalized spacial score (nSPS) is 9.88. The Hall–Kier alpha value is -2.50. The Labute approximate surface area is 97.1 Å². The molecule has 6 heteroatoms. The van der Waals surface area contributed by atoms with E-state index in [1.165, 1.54) is 12.1 Å². The van der Waals surface area contributed by atoms with E-state index in [1.807, 2.05) is 18.2 Å². The Morgan fingerprint density at radius 1 is 1.24 bits per heavy atom. The Kier molecular flexibility index (Phi) is 3.25. The van der Waals surface area contributed by atoms with Crippen LogP contribution in [0.15, 0.2) is 42.7 Å². The van der Waals surface area contributed by atoms with Crippen molar-refractivity contribution in [2.75, 3.05) is 0 Å². The molecule has 2 rings (SSSR count). The standard InChI is InChI=1S/C11H9N3O3/c15-14(16)10-4-5-11(13-7-10)17-8-9-3-1-2-6-12-9/h1-7H,8H2. The summed E-state index contributed by atoms with van der Waals surface area (Å²) >= 11 is 0. The number of nitro groups is 1. The fourth-order valence-corrected chi connectivity index (χ4v) is 1.20. The van der Waals surface area contributed by atoms with E-state index in [4.69, 9.17) is 4.74 Å². The lowest BCUT2D eigenvalue weighted by Gasteiger charge is -2.03. The number of pyridine rings is 2. The van der Waals surface area contributed by atoms with E-state index >= 15 is 0 Å². The first kappa shape index (κ1) is 11.0. The largest absolute Gasteiger partial charge is 0.471 e. The van der Waals surface area contributed by atoms with Gasteiger partial charge in [0.05, 0.1) is 10.6 Å². The van der Waals surface area contributed by atoms with Crippen molar-refractivity contribution in [3.63, 3.8) is 0 Å². The third kappa shape index (κ3) is 2.97. The Balaban J connectivity index is 1.98. The second-order valence-corrected chi connectivity index (χ2v) is 3.22. The molecule has 0 fully saturated rings. The second kappa shape index (κ2) is 5.02. The fraction of sp³-hybridized carbons (Fsp3) is 0.0909. The molecule has 2 aromatic heterocycles. The molecule has 0 radical (unpaired) electrons. The number of rotatable bonds is 4. The maximum absolute atomic E-state index is 10.4. The predicted molar refractivity (Wildman–Crippen MR) is 59.5 cm³/mol. The van der Waals surface area contributed by atoms with E-state index in [-0.39, 0.29) is 12.3 Å². The molecule has 0 aliphatic heterocycles. The van der Waals surface area contributed by atoms with Crippen molar-refractivity contribution >= 4 is 5.69 Å². The fourth-order valence-electron chi connectivity index (χ4n) is 1.20. The van der Waals surface area contributed by atoms with E-state index in [1.54, 1.807) is 6.20 Å². The van der Waals surface area contributed by atoms with Crippen LogP contribution in [0.5, 0.6) is 5.88 Å². The molecule has 0 saturated carbocycles. The van der Waals surface area contributed by atoms with Crippen LogP contribution < -0.4 is 4.74 Å². The van der Waals surface area contributed by atoms with Gasteiger partial charge in [-0.05, 0) is 12.1 Å². The molecular weight excluding hydrogens is 222 g/mol. The molecule has 0 N–H and O–H groups in total. The molecule has 0 unspecified atom stereocenters. The van der Waals surface area contributed by atoms with Crippen LogP contribution in [0.1, 0.15) is 5.69 Å². The monoisotopic (exact) mass is 231 g/mol. The first-order valence-electron chi connectivity index (χ1n) is 4.89. The third-order valence-electron chi connectivity index (χ3n) is 2.03. The molecule has 0 bridgehead atoms. The lowest BCUT2D eigenvalue weighted by atomic mass is 10.4. The highest BCUT2D eigenvalue weighted by Gasteiger charge is 2.05. The van der Waals surface area contributed by atoms with Gasteiger partial charge in [-0.1, -0.05) is 6.07 Å². The van der Waals surface area contributed by atoms with Crippen molar-refractivity contribution in [3.8, 4) is 5.88 Å². The number of hydrogen-bond donors (Lipinski definition) is 0. The van der Waals surface area contributed by atoms with E-state index in [0.717, 1.165) is 11.9 Å². The molecular formula is C11H9N3O3. The van der Waals surface area contributed by atoms with Crippen molar-refractivity contribution in [1.29, 1.82) is 0 Å². The molecule has 17 heavy (non-hydrogen) atoms. The minimum Gasteiger partial charge on any atom is -0.471 e. The minimum absolute atomic E-state index is 0.0600. The number of hydrogen-bond acceptors (Lipinski definition) is 5. The van der Waals surface area contributed by atoms with Gasteiger partial charge in [0.1, 0.15) is 12.8 Å². The summed E-state index contributed by atoms with van der Waals surface area (Å²) in [5.41, 5.74) is 0.711. The summed E-state index contributed by atoms with van der Waals surface area (Å²) in [4.78, 5) is 17.8. The maximum atomic E-state index is 10.4. The zero-order valence-corrected chi connectivity index (χ0v) is 8.81. The van der Waals surface area contributed by atoms with Crippen molar-refractivity contribution in [3.05, 3.63) is 58.5 Å². The van der Waals surface area contributed by atoms with Crippen molar-refractivity contribution in [2.45, 2.75) is 6.61 Å². The number of aromatic nitrogens is 2. The SMILES string of the molecule is O=[N+]([O-])c1ccc(OCc2ccccn2)nc1. The van der Waals surface area contributed by atoms with Gasteiger partial charge in [0.2, 0.25) is 5.88 Å². The van der Waals surface area contributed by atoms with Crippen LogP contribution in [0.3, 0.4) is 0 Å². The van der Waals surface area contributed by atoms with E-state index < -0.39 is 4.92 Å². The molecule has 0 amide bonds. The predicted octanol–water partition coefficient (Wildman–Crippen LogP) is 1.96. The summed E-state index contributed by atoms with van der Waals surface area (Å²) < 4.78 is 5.33. The van der Waals surface area contributed by atoms with E-state index in [0.29, 0.717) is 5.88 Å². The highest BCUT2D eigenvalue weighted by molar-refractivity contribution is 5.28. The summed E-state index contributed by atoms with van der Waals surface area (Å²) in [6, 6.07) is 8.30. The van der Waals surface area contributed by atoms with Gasteiger partial charge in [0, 0.05) is 18.3 Å². The van der Waals surface area contributed by atoms with Crippen molar-refractivity contribution < 1.29 is 9.66 Å². The molecule has 0 spiro atoms. The highest BCUT2D eigenvalue weighted by Crippen LogP contribution is 2.14. The van der Waals surface area contributed by atoms with Gasteiger partial charge in [-0.3, -0.25) is 15.1 Å². The van der Waals surface area contributed by atoms with E-state index in [9.17, 15) is 10.1 Å². The first-order valence-corrected chi connectivity index (χ1v) is 4.89. The Morgan fingerprint density at radius 2 is 2.12 bits per heavy atom. The summed E-state index contributed by atoms with van der Waals surface area (Å²) in [7, 11) is 0. The Morgan fingerprint density at radius 3 is 2.71 bits per heavy atom. The van der Waals surface area contributed by atoms with Gasteiger partial charge in [0.15, 0.2) is 0 Å². The van der Waals surface area contributed by atoms with Gasteiger partial charge >= 0.3 is 0 Å². The summed E-state index contributed by atoms with van der Waals surface area (Å²) in [5, 5.41) is 10.4. The molecule has 0 aliphatic rings. The minimum atomic E-state index is -0.504. The van der Waals surface area contributed by atoms with Crippen LogP contribution in [0.4, 0.5) is 5.69 Å². The van der Waals surface area contributed by atoms with Crippen LogP contribution in [0.2, 0.25) is 0 Å². The van der Waals surface area contributed by atoms with Gasteiger partial charge in [-0.2, -0.15) is 0 Å². The lowest BCUT2D eigenvalue weighted by molar-refractivity contribution is -0.385. The average molecular weight is 231 g/mol. The third-order valence-corrected chi connectivity index (χ3v) is 2.03. The zero-order valence-electron chi connectivity index (χ0n) is 8.81.